The van der Waals surface area contributed by atoms with Gasteiger partial charge in [0.25, 0.3) is 5.91 Å². The molecule has 0 saturated heterocycles. The summed E-state index contributed by atoms with van der Waals surface area (Å²) in [4.78, 5) is 45.0. The lowest BCUT2D eigenvalue weighted by Crippen LogP contribution is -2.55. The van der Waals surface area contributed by atoms with Gasteiger partial charge in [-0.15, -0.1) is 0 Å². The van der Waals surface area contributed by atoms with E-state index in [0.29, 0.717) is 28.6 Å². The average Bonchev–Trinajstić information content (AvgIpc) is 3.28. The van der Waals surface area contributed by atoms with Crippen molar-refractivity contribution in [2.24, 2.45) is 0 Å². The van der Waals surface area contributed by atoms with Crippen molar-refractivity contribution in [3.05, 3.63) is 55.2 Å². The lowest BCUT2D eigenvalue weighted by atomic mass is 10.0. The van der Waals surface area contributed by atoms with E-state index < -0.39 is 23.3 Å². The summed E-state index contributed by atoms with van der Waals surface area (Å²) in [5, 5.41) is 7.48. The first-order valence-corrected chi connectivity index (χ1v) is 9.23. The molecule has 10 heteroatoms. The van der Waals surface area contributed by atoms with Crippen LogP contribution in [0.25, 0.3) is 11.3 Å². The summed E-state index contributed by atoms with van der Waals surface area (Å²) in [6, 6.07) is 9.82. The standard InChI is InChI=1S/C21H21N5O5/c1-21(2,20(29)25-17-6-4-5-9-23-17)26-19(28)18(27)24-13-7-8-14(15(10-13)30-3)16-11-22-12-31-16/h4-12H,1-3H3,(H,24,27)(H,26,28)(H,23,25,29). The van der Waals surface area contributed by atoms with Gasteiger partial charge in [-0.3, -0.25) is 14.4 Å². The molecule has 2 heterocycles. The van der Waals surface area contributed by atoms with Crippen LogP contribution < -0.4 is 20.7 Å². The normalized spacial score (nSPS) is 10.8. The van der Waals surface area contributed by atoms with Gasteiger partial charge in [-0.1, -0.05) is 6.07 Å². The summed E-state index contributed by atoms with van der Waals surface area (Å²) < 4.78 is 10.6. The zero-order valence-electron chi connectivity index (χ0n) is 17.1. The van der Waals surface area contributed by atoms with Gasteiger partial charge < -0.3 is 25.1 Å². The molecule has 0 fully saturated rings. The Morgan fingerprint density at radius 1 is 1.06 bits per heavy atom. The van der Waals surface area contributed by atoms with E-state index in [4.69, 9.17) is 9.15 Å². The van der Waals surface area contributed by atoms with Crippen molar-refractivity contribution >= 4 is 29.2 Å². The maximum Gasteiger partial charge on any atom is 0.313 e. The second kappa shape index (κ2) is 9.08. The van der Waals surface area contributed by atoms with Crippen LogP contribution in [0.15, 0.2) is 59.6 Å². The summed E-state index contributed by atoms with van der Waals surface area (Å²) in [5.41, 5.74) is -0.398. The fourth-order valence-electron chi connectivity index (χ4n) is 2.62. The van der Waals surface area contributed by atoms with Crippen LogP contribution in [-0.2, 0) is 14.4 Å². The number of nitrogens with one attached hydrogen (secondary N) is 3. The Kier molecular flexibility index (Phi) is 6.29. The van der Waals surface area contributed by atoms with Gasteiger partial charge in [0.2, 0.25) is 0 Å². The van der Waals surface area contributed by atoms with Gasteiger partial charge >= 0.3 is 11.8 Å². The third-order valence-corrected chi connectivity index (χ3v) is 4.26. The minimum atomic E-state index is -1.36. The van der Waals surface area contributed by atoms with Crippen LogP contribution in [0, 0.1) is 0 Å². The molecule has 0 aliphatic carbocycles. The molecule has 1 aromatic carbocycles. The molecule has 0 spiro atoms. The van der Waals surface area contributed by atoms with Gasteiger partial charge in [0.15, 0.2) is 12.2 Å². The second-order valence-corrected chi connectivity index (χ2v) is 6.98. The molecule has 3 rings (SSSR count). The van der Waals surface area contributed by atoms with E-state index in [1.54, 1.807) is 36.4 Å². The lowest BCUT2D eigenvalue weighted by Gasteiger charge is -2.24. The quantitative estimate of drug-likeness (QED) is 0.517. The van der Waals surface area contributed by atoms with Crippen molar-refractivity contribution < 1.29 is 23.5 Å². The number of pyridine rings is 1. The Labute approximate surface area is 178 Å². The Hall–Kier alpha value is -4.21. The fourth-order valence-corrected chi connectivity index (χ4v) is 2.62. The summed E-state index contributed by atoms with van der Waals surface area (Å²) in [6.07, 6.45) is 4.35. The number of rotatable bonds is 6. The van der Waals surface area contributed by atoms with Crippen molar-refractivity contribution in [2.75, 3.05) is 17.7 Å². The van der Waals surface area contributed by atoms with Crippen molar-refractivity contribution in [3.63, 3.8) is 0 Å². The minimum Gasteiger partial charge on any atom is -0.496 e. The van der Waals surface area contributed by atoms with Gasteiger partial charge in [0, 0.05) is 18.0 Å². The van der Waals surface area contributed by atoms with Crippen LogP contribution in [0.1, 0.15) is 13.8 Å². The number of carbonyl (C=O) groups excluding carboxylic acids is 3. The molecular formula is C21H21N5O5. The van der Waals surface area contributed by atoms with Crippen LogP contribution in [0.3, 0.4) is 0 Å². The number of aromatic nitrogens is 2. The van der Waals surface area contributed by atoms with Crippen LogP contribution in [0.5, 0.6) is 5.75 Å². The Bertz CT molecular complexity index is 1080. The molecule has 2 aromatic heterocycles. The first kappa shape index (κ1) is 21.5. The molecule has 0 radical (unpaired) electrons. The molecular weight excluding hydrogens is 402 g/mol. The van der Waals surface area contributed by atoms with Gasteiger partial charge in [-0.2, -0.15) is 0 Å². The molecule has 3 amide bonds. The highest BCUT2D eigenvalue weighted by Crippen LogP contribution is 2.32. The average molecular weight is 423 g/mol. The minimum absolute atomic E-state index is 0.330. The van der Waals surface area contributed by atoms with Crippen LogP contribution in [-0.4, -0.2) is 40.3 Å². The molecule has 3 N–H and O–H groups in total. The van der Waals surface area contributed by atoms with E-state index >= 15 is 0 Å². The molecule has 0 saturated carbocycles. The Morgan fingerprint density at radius 3 is 2.52 bits per heavy atom. The topological polar surface area (TPSA) is 135 Å². The highest BCUT2D eigenvalue weighted by Gasteiger charge is 2.32. The van der Waals surface area contributed by atoms with Crippen molar-refractivity contribution in [1.82, 2.24) is 15.3 Å². The molecule has 0 aliphatic rings. The van der Waals surface area contributed by atoms with Crippen LogP contribution in [0.4, 0.5) is 11.5 Å². The largest absolute Gasteiger partial charge is 0.496 e. The summed E-state index contributed by atoms with van der Waals surface area (Å²) >= 11 is 0. The van der Waals surface area contributed by atoms with Gasteiger partial charge in [0.05, 0.1) is 18.9 Å². The second-order valence-electron chi connectivity index (χ2n) is 6.98. The number of hydrogen-bond acceptors (Lipinski definition) is 7. The van der Waals surface area contributed by atoms with Gasteiger partial charge in [0.1, 0.15) is 17.1 Å². The SMILES string of the molecule is COc1cc(NC(=O)C(=O)NC(C)(C)C(=O)Nc2ccccn2)ccc1-c1cnco1. The molecule has 0 bridgehead atoms. The summed E-state index contributed by atoms with van der Waals surface area (Å²) in [5.74, 6) is -1.19. The third-order valence-electron chi connectivity index (χ3n) is 4.26. The number of anilines is 2. The molecule has 0 atom stereocenters. The van der Waals surface area contributed by atoms with E-state index in [1.165, 1.54) is 39.7 Å². The first-order chi connectivity index (χ1) is 14.8. The predicted octanol–water partition coefficient (Wildman–Crippen LogP) is 2.22. The number of methoxy groups -OCH3 is 1. The number of benzene rings is 1. The summed E-state index contributed by atoms with van der Waals surface area (Å²) in [7, 11) is 1.47. The van der Waals surface area contributed by atoms with E-state index in [-0.39, 0.29) is 0 Å². The highest BCUT2D eigenvalue weighted by atomic mass is 16.5. The van der Waals surface area contributed by atoms with Gasteiger partial charge in [-0.25, -0.2) is 9.97 Å². The number of hydrogen-bond donors (Lipinski definition) is 3. The molecule has 10 nitrogen and oxygen atoms in total. The number of oxazole rings is 1. The lowest BCUT2D eigenvalue weighted by molar-refractivity contribution is -0.138. The van der Waals surface area contributed by atoms with Crippen LogP contribution >= 0.6 is 0 Å². The Morgan fingerprint density at radius 2 is 1.87 bits per heavy atom. The number of nitrogens with zero attached hydrogens (tertiary/aromatic N) is 2. The monoisotopic (exact) mass is 423 g/mol. The number of carbonyl (C=O) groups is 3. The first-order valence-electron chi connectivity index (χ1n) is 9.23. The van der Waals surface area contributed by atoms with Crippen molar-refractivity contribution in [1.29, 1.82) is 0 Å². The van der Waals surface area contributed by atoms with E-state index in [9.17, 15) is 14.4 Å². The maximum atomic E-state index is 12.5. The smallest absolute Gasteiger partial charge is 0.313 e. The molecule has 0 aliphatic heterocycles. The van der Waals surface area contributed by atoms with E-state index in [2.05, 4.69) is 25.9 Å². The summed E-state index contributed by atoms with van der Waals surface area (Å²) in [6.45, 7) is 2.96. The van der Waals surface area contributed by atoms with Crippen molar-refractivity contribution in [3.8, 4) is 17.1 Å². The predicted molar refractivity (Wildman–Crippen MR) is 112 cm³/mol. The van der Waals surface area contributed by atoms with Gasteiger partial charge in [-0.05, 0) is 38.1 Å². The number of amides is 3. The molecule has 31 heavy (non-hydrogen) atoms. The third kappa shape index (κ3) is 5.24. The number of ether oxygens (including phenoxy) is 1. The zero-order chi connectivity index (χ0) is 22.4. The maximum absolute atomic E-state index is 12.5. The van der Waals surface area contributed by atoms with Crippen LogP contribution in [0.2, 0.25) is 0 Å². The van der Waals surface area contributed by atoms with E-state index in [0.717, 1.165) is 0 Å². The zero-order valence-corrected chi connectivity index (χ0v) is 17.1. The molecule has 0 unspecified atom stereocenters. The van der Waals surface area contributed by atoms with Crippen molar-refractivity contribution in [2.45, 2.75) is 19.4 Å². The molecule has 160 valence electrons. The van der Waals surface area contributed by atoms with E-state index in [1.807, 2.05) is 0 Å². The highest BCUT2D eigenvalue weighted by molar-refractivity contribution is 6.40. The fraction of sp³-hybridized carbons (Fsp3) is 0.190. The molecule has 3 aromatic rings. The Balaban J connectivity index is 1.64.